The number of para-hydroxylation sites is 1. The van der Waals surface area contributed by atoms with Crippen molar-refractivity contribution in [1.29, 1.82) is 0 Å². The van der Waals surface area contributed by atoms with Crippen molar-refractivity contribution in [1.82, 2.24) is 14.6 Å². The molecule has 0 bridgehead atoms. The van der Waals surface area contributed by atoms with Crippen molar-refractivity contribution in [2.45, 2.75) is 13.3 Å². The van der Waals surface area contributed by atoms with Crippen LogP contribution in [0.4, 0.5) is 5.95 Å². The zero-order chi connectivity index (χ0) is 15.9. The molecular formula is C16H23N5O. The second-order valence-electron chi connectivity index (χ2n) is 5.37. The summed E-state index contributed by atoms with van der Waals surface area (Å²) < 4.78 is 7.39. The van der Waals surface area contributed by atoms with Crippen LogP contribution in [0.3, 0.4) is 0 Å². The molecular weight excluding hydrogens is 278 g/mol. The third kappa shape index (κ3) is 4.60. The van der Waals surface area contributed by atoms with Gasteiger partial charge in [0.25, 0.3) is 0 Å². The summed E-state index contributed by atoms with van der Waals surface area (Å²) in [6.07, 6.45) is 4.50. The van der Waals surface area contributed by atoms with Gasteiger partial charge in [-0.3, -0.25) is 0 Å². The molecule has 6 nitrogen and oxygen atoms in total. The molecule has 0 saturated carbocycles. The van der Waals surface area contributed by atoms with Gasteiger partial charge in [-0.25, -0.2) is 9.66 Å². The molecule has 0 radical (unpaired) electrons. The van der Waals surface area contributed by atoms with E-state index >= 15 is 0 Å². The largest absolute Gasteiger partial charge is 0.493 e. The van der Waals surface area contributed by atoms with Crippen LogP contribution in [0, 0.1) is 6.92 Å². The number of imidazole rings is 1. The number of benzene rings is 1. The summed E-state index contributed by atoms with van der Waals surface area (Å²) in [6, 6.07) is 7.81. The molecule has 0 aliphatic rings. The lowest BCUT2D eigenvalue weighted by atomic mass is 10.2. The first-order chi connectivity index (χ1) is 10.6. The lowest BCUT2D eigenvalue weighted by molar-refractivity contribution is 0.281. The van der Waals surface area contributed by atoms with Gasteiger partial charge in [-0.2, -0.15) is 5.10 Å². The van der Waals surface area contributed by atoms with E-state index in [2.05, 4.69) is 29.1 Å². The summed E-state index contributed by atoms with van der Waals surface area (Å²) in [5.41, 5.74) is 7.52. The van der Waals surface area contributed by atoms with Crippen molar-refractivity contribution in [3.05, 3.63) is 41.7 Å². The fourth-order valence-electron chi connectivity index (χ4n) is 2.00. The first kappa shape index (κ1) is 16.0. The standard InChI is InChI=1S/C16H23N5O/c1-13-12-21(16(17)19-13)18-11-14-7-4-5-8-15(14)22-10-6-9-20(2)3/h4-5,7-8,11-12H,6,9-10H2,1-3H3,(H2,17,19). The van der Waals surface area contributed by atoms with Gasteiger partial charge in [-0.05, 0) is 39.6 Å². The molecule has 2 N–H and O–H groups in total. The minimum Gasteiger partial charge on any atom is -0.493 e. The van der Waals surface area contributed by atoms with E-state index in [1.54, 1.807) is 17.1 Å². The Labute approximate surface area is 131 Å². The normalized spacial score (nSPS) is 11.5. The number of nitrogen functional groups attached to an aromatic ring is 1. The average Bonchev–Trinajstić information content (AvgIpc) is 2.80. The Bertz CT molecular complexity index is 633. The number of nitrogens with zero attached hydrogens (tertiary/aromatic N) is 4. The van der Waals surface area contributed by atoms with E-state index in [1.807, 2.05) is 31.2 Å². The second kappa shape index (κ2) is 7.61. The van der Waals surface area contributed by atoms with Crippen LogP contribution in [0.15, 0.2) is 35.6 Å². The Kier molecular flexibility index (Phi) is 5.55. The van der Waals surface area contributed by atoms with E-state index in [0.29, 0.717) is 12.6 Å². The number of hydrogen-bond donors (Lipinski definition) is 1. The maximum atomic E-state index is 5.84. The SMILES string of the molecule is Cc1cn(N=Cc2ccccc2OCCCN(C)C)c(N)n1. The highest BCUT2D eigenvalue weighted by Gasteiger charge is 2.02. The summed E-state index contributed by atoms with van der Waals surface area (Å²) >= 11 is 0. The quantitative estimate of drug-likeness (QED) is 0.627. The lowest BCUT2D eigenvalue weighted by Crippen LogP contribution is -2.15. The van der Waals surface area contributed by atoms with Crippen LogP contribution in [0.25, 0.3) is 0 Å². The Morgan fingerprint density at radius 2 is 2.14 bits per heavy atom. The monoisotopic (exact) mass is 301 g/mol. The lowest BCUT2D eigenvalue weighted by Gasteiger charge is -2.11. The predicted molar refractivity (Wildman–Crippen MR) is 89.5 cm³/mol. The number of aromatic nitrogens is 2. The van der Waals surface area contributed by atoms with Crippen LogP contribution < -0.4 is 10.5 Å². The fraction of sp³-hybridized carbons (Fsp3) is 0.375. The van der Waals surface area contributed by atoms with Crippen molar-refractivity contribution in [3.63, 3.8) is 0 Å². The van der Waals surface area contributed by atoms with E-state index in [9.17, 15) is 0 Å². The molecule has 0 atom stereocenters. The van der Waals surface area contributed by atoms with Crippen LogP contribution in [-0.4, -0.2) is 48.0 Å². The molecule has 2 aromatic rings. The Morgan fingerprint density at radius 3 is 2.82 bits per heavy atom. The minimum absolute atomic E-state index is 0.373. The zero-order valence-electron chi connectivity index (χ0n) is 13.4. The maximum Gasteiger partial charge on any atom is 0.221 e. The third-order valence-electron chi connectivity index (χ3n) is 3.08. The predicted octanol–water partition coefficient (Wildman–Crippen LogP) is 1.99. The van der Waals surface area contributed by atoms with Gasteiger partial charge in [0.15, 0.2) is 0 Å². The molecule has 0 saturated heterocycles. The molecule has 0 aliphatic heterocycles. The van der Waals surface area contributed by atoms with Crippen molar-refractivity contribution in [2.75, 3.05) is 33.0 Å². The summed E-state index contributed by atoms with van der Waals surface area (Å²) in [5.74, 6) is 1.19. The van der Waals surface area contributed by atoms with Gasteiger partial charge in [0.2, 0.25) is 5.95 Å². The van der Waals surface area contributed by atoms with Crippen LogP contribution in [-0.2, 0) is 0 Å². The van der Waals surface area contributed by atoms with Crippen LogP contribution in [0.5, 0.6) is 5.75 Å². The highest BCUT2D eigenvalue weighted by atomic mass is 16.5. The molecule has 22 heavy (non-hydrogen) atoms. The molecule has 0 fully saturated rings. The first-order valence-corrected chi connectivity index (χ1v) is 7.28. The van der Waals surface area contributed by atoms with E-state index in [-0.39, 0.29) is 0 Å². The second-order valence-corrected chi connectivity index (χ2v) is 5.37. The van der Waals surface area contributed by atoms with E-state index < -0.39 is 0 Å². The van der Waals surface area contributed by atoms with Gasteiger partial charge in [0.1, 0.15) is 5.75 Å². The smallest absolute Gasteiger partial charge is 0.221 e. The van der Waals surface area contributed by atoms with Gasteiger partial charge in [-0.15, -0.1) is 0 Å². The van der Waals surface area contributed by atoms with Gasteiger partial charge >= 0.3 is 0 Å². The molecule has 0 aliphatic carbocycles. The van der Waals surface area contributed by atoms with Gasteiger partial charge in [0, 0.05) is 12.1 Å². The number of rotatable bonds is 7. The topological polar surface area (TPSA) is 68.7 Å². The van der Waals surface area contributed by atoms with E-state index in [1.165, 1.54) is 0 Å². The Morgan fingerprint density at radius 1 is 1.36 bits per heavy atom. The van der Waals surface area contributed by atoms with Gasteiger partial charge in [-0.1, -0.05) is 12.1 Å². The van der Waals surface area contributed by atoms with Gasteiger partial charge < -0.3 is 15.4 Å². The molecule has 0 spiro atoms. The number of ether oxygens (including phenoxy) is 1. The summed E-state index contributed by atoms with van der Waals surface area (Å²) in [4.78, 5) is 6.25. The van der Waals surface area contributed by atoms with Crippen molar-refractivity contribution < 1.29 is 4.74 Å². The molecule has 118 valence electrons. The Hall–Kier alpha value is -2.34. The molecule has 1 aromatic heterocycles. The molecule has 6 heteroatoms. The number of anilines is 1. The molecule has 2 rings (SSSR count). The first-order valence-electron chi connectivity index (χ1n) is 7.28. The van der Waals surface area contributed by atoms with Gasteiger partial charge in [0.05, 0.1) is 24.7 Å². The summed E-state index contributed by atoms with van der Waals surface area (Å²) in [7, 11) is 4.11. The summed E-state index contributed by atoms with van der Waals surface area (Å²) in [5, 5.41) is 4.33. The number of nitrogens with two attached hydrogens (primary N) is 1. The highest BCUT2D eigenvalue weighted by Crippen LogP contribution is 2.16. The van der Waals surface area contributed by atoms with E-state index in [4.69, 9.17) is 10.5 Å². The van der Waals surface area contributed by atoms with Crippen molar-refractivity contribution >= 4 is 12.2 Å². The van der Waals surface area contributed by atoms with Crippen molar-refractivity contribution in [2.24, 2.45) is 5.10 Å². The minimum atomic E-state index is 0.373. The van der Waals surface area contributed by atoms with Crippen LogP contribution in [0.1, 0.15) is 17.7 Å². The molecule has 0 unspecified atom stereocenters. The highest BCUT2D eigenvalue weighted by molar-refractivity contribution is 5.83. The number of aryl methyl sites for hydroxylation is 1. The maximum absolute atomic E-state index is 5.84. The van der Waals surface area contributed by atoms with Crippen molar-refractivity contribution in [3.8, 4) is 5.75 Å². The van der Waals surface area contributed by atoms with Crippen LogP contribution >= 0.6 is 0 Å². The summed E-state index contributed by atoms with van der Waals surface area (Å²) in [6.45, 7) is 3.56. The van der Waals surface area contributed by atoms with E-state index in [0.717, 1.165) is 30.0 Å². The van der Waals surface area contributed by atoms with Crippen LogP contribution in [0.2, 0.25) is 0 Å². The molecule has 1 aromatic carbocycles. The number of hydrogen-bond acceptors (Lipinski definition) is 5. The zero-order valence-corrected chi connectivity index (χ0v) is 13.4. The third-order valence-corrected chi connectivity index (χ3v) is 3.08. The fourth-order valence-corrected chi connectivity index (χ4v) is 2.00. The average molecular weight is 301 g/mol. The molecule has 0 amide bonds. The molecule has 1 heterocycles. The Balaban J connectivity index is 2.03.